The Balaban J connectivity index is 2.16. The first-order chi connectivity index (χ1) is 7.55. The summed E-state index contributed by atoms with van der Waals surface area (Å²) in [6, 6.07) is 2.60. The van der Waals surface area contributed by atoms with Gasteiger partial charge >= 0.3 is 0 Å². The van der Waals surface area contributed by atoms with Crippen molar-refractivity contribution in [2.24, 2.45) is 5.41 Å². The predicted octanol–water partition coefficient (Wildman–Crippen LogP) is 3.20. The average molecular weight is 241 g/mol. The van der Waals surface area contributed by atoms with E-state index >= 15 is 0 Å². The zero-order valence-electron chi connectivity index (χ0n) is 10.5. The van der Waals surface area contributed by atoms with Gasteiger partial charge in [-0.05, 0) is 54.1 Å². The zero-order valence-corrected chi connectivity index (χ0v) is 11.3. The monoisotopic (exact) mass is 241 g/mol. The van der Waals surface area contributed by atoms with E-state index in [0.717, 1.165) is 19.4 Å². The minimum Gasteiger partial charge on any atom is -0.396 e. The molecule has 0 radical (unpaired) electrons. The highest BCUT2D eigenvalue weighted by molar-refractivity contribution is 7.07. The van der Waals surface area contributed by atoms with Crippen molar-refractivity contribution >= 4 is 11.3 Å². The molecule has 0 fully saturated rings. The third-order valence-electron chi connectivity index (χ3n) is 2.95. The van der Waals surface area contributed by atoms with Crippen LogP contribution in [0.1, 0.15) is 45.2 Å². The minimum atomic E-state index is 0.0628. The molecular weight excluding hydrogens is 218 g/mol. The minimum absolute atomic E-state index is 0.0628. The van der Waals surface area contributed by atoms with Crippen molar-refractivity contribution < 1.29 is 5.11 Å². The average Bonchev–Trinajstić information content (AvgIpc) is 2.77. The van der Waals surface area contributed by atoms with Crippen LogP contribution in [0.15, 0.2) is 16.8 Å². The van der Waals surface area contributed by atoms with Crippen molar-refractivity contribution in [1.82, 2.24) is 5.32 Å². The number of rotatable bonds is 7. The molecule has 2 nitrogen and oxygen atoms in total. The van der Waals surface area contributed by atoms with Gasteiger partial charge in [0.25, 0.3) is 0 Å². The molecule has 0 aliphatic heterocycles. The Kier molecular flexibility index (Phi) is 5.46. The van der Waals surface area contributed by atoms with Crippen LogP contribution >= 0.6 is 11.3 Å². The van der Waals surface area contributed by atoms with Crippen LogP contribution in [0.5, 0.6) is 0 Å². The molecule has 3 heteroatoms. The topological polar surface area (TPSA) is 32.3 Å². The van der Waals surface area contributed by atoms with Crippen molar-refractivity contribution in [3.8, 4) is 0 Å². The second kappa shape index (κ2) is 6.38. The number of hydrogen-bond donors (Lipinski definition) is 2. The molecular formula is C13H23NOS. The van der Waals surface area contributed by atoms with Crippen LogP contribution in [0.3, 0.4) is 0 Å². The Morgan fingerprint density at radius 1 is 1.50 bits per heavy atom. The van der Waals surface area contributed by atoms with E-state index in [1.807, 2.05) is 0 Å². The molecule has 0 bridgehead atoms. The lowest BCUT2D eigenvalue weighted by atomic mass is 9.89. The molecule has 0 aliphatic carbocycles. The SMILES string of the molecule is CC(NCCCC(C)(C)CO)c1ccsc1. The maximum atomic E-state index is 9.13. The summed E-state index contributed by atoms with van der Waals surface area (Å²) in [5.74, 6) is 0. The molecule has 0 aliphatic rings. The van der Waals surface area contributed by atoms with E-state index in [1.165, 1.54) is 5.56 Å². The van der Waals surface area contributed by atoms with Gasteiger partial charge in [0, 0.05) is 12.6 Å². The van der Waals surface area contributed by atoms with Crippen LogP contribution < -0.4 is 5.32 Å². The molecule has 1 rings (SSSR count). The van der Waals surface area contributed by atoms with E-state index in [0.29, 0.717) is 6.04 Å². The molecule has 1 aromatic heterocycles. The second-order valence-electron chi connectivity index (χ2n) is 5.16. The molecule has 0 spiro atoms. The van der Waals surface area contributed by atoms with Crippen LogP contribution in [0.4, 0.5) is 0 Å². The molecule has 1 unspecified atom stereocenters. The summed E-state index contributed by atoms with van der Waals surface area (Å²) >= 11 is 1.74. The number of aliphatic hydroxyl groups excluding tert-OH is 1. The van der Waals surface area contributed by atoms with Gasteiger partial charge in [-0.3, -0.25) is 0 Å². The molecule has 1 aromatic rings. The van der Waals surface area contributed by atoms with Crippen LogP contribution in [-0.2, 0) is 0 Å². The molecule has 0 saturated carbocycles. The van der Waals surface area contributed by atoms with E-state index in [-0.39, 0.29) is 12.0 Å². The van der Waals surface area contributed by atoms with Gasteiger partial charge < -0.3 is 10.4 Å². The molecule has 0 saturated heterocycles. The summed E-state index contributed by atoms with van der Waals surface area (Å²) in [6.07, 6.45) is 2.18. The Bertz CT molecular complexity index is 282. The summed E-state index contributed by atoms with van der Waals surface area (Å²) in [6.45, 7) is 7.69. The van der Waals surface area contributed by atoms with E-state index < -0.39 is 0 Å². The summed E-state index contributed by atoms with van der Waals surface area (Å²) in [5, 5.41) is 16.9. The molecule has 2 N–H and O–H groups in total. The fourth-order valence-corrected chi connectivity index (χ4v) is 2.36. The van der Waals surface area contributed by atoms with Gasteiger partial charge in [-0.1, -0.05) is 13.8 Å². The summed E-state index contributed by atoms with van der Waals surface area (Å²) < 4.78 is 0. The van der Waals surface area contributed by atoms with Crippen molar-refractivity contribution in [3.63, 3.8) is 0 Å². The summed E-state index contributed by atoms with van der Waals surface area (Å²) in [5.41, 5.74) is 1.43. The number of hydrogen-bond acceptors (Lipinski definition) is 3. The van der Waals surface area contributed by atoms with Gasteiger partial charge in [0.1, 0.15) is 0 Å². The molecule has 0 aromatic carbocycles. The number of thiophene rings is 1. The first kappa shape index (κ1) is 13.7. The zero-order chi connectivity index (χ0) is 12.0. The number of aliphatic hydroxyl groups is 1. The lowest BCUT2D eigenvalue weighted by Gasteiger charge is -2.22. The Morgan fingerprint density at radius 3 is 2.81 bits per heavy atom. The third-order valence-corrected chi connectivity index (χ3v) is 3.65. The quantitative estimate of drug-likeness (QED) is 0.719. The highest BCUT2D eigenvalue weighted by Gasteiger charge is 2.15. The Morgan fingerprint density at radius 2 is 2.25 bits per heavy atom. The lowest BCUT2D eigenvalue weighted by molar-refractivity contribution is 0.147. The first-order valence-electron chi connectivity index (χ1n) is 5.91. The normalized spacial score (nSPS) is 14.0. The van der Waals surface area contributed by atoms with E-state index in [9.17, 15) is 0 Å². The first-order valence-corrected chi connectivity index (χ1v) is 6.86. The van der Waals surface area contributed by atoms with Crippen LogP contribution in [0.2, 0.25) is 0 Å². The summed E-state index contributed by atoms with van der Waals surface area (Å²) in [7, 11) is 0. The smallest absolute Gasteiger partial charge is 0.0482 e. The second-order valence-corrected chi connectivity index (χ2v) is 5.94. The maximum absolute atomic E-state index is 9.13. The molecule has 92 valence electrons. The van der Waals surface area contributed by atoms with Crippen molar-refractivity contribution in [3.05, 3.63) is 22.4 Å². The summed E-state index contributed by atoms with van der Waals surface area (Å²) in [4.78, 5) is 0. The molecule has 1 atom stereocenters. The van der Waals surface area contributed by atoms with E-state index in [2.05, 4.69) is 42.9 Å². The highest BCUT2D eigenvalue weighted by atomic mass is 32.1. The van der Waals surface area contributed by atoms with Crippen molar-refractivity contribution in [1.29, 1.82) is 0 Å². The number of nitrogens with one attached hydrogen (secondary N) is 1. The molecule has 1 heterocycles. The lowest BCUT2D eigenvalue weighted by Crippen LogP contribution is -2.23. The van der Waals surface area contributed by atoms with Gasteiger partial charge in [0.2, 0.25) is 0 Å². The standard InChI is InChI=1S/C13H23NOS/c1-11(12-5-8-16-9-12)14-7-4-6-13(2,3)10-15/h5,8-9,11,14-15H,4,6-7,10H2,1-3H3. The van der Waals surface area contributed by atoms with Gasteiger partial charge in [-0.2, -0.15) is 11.3 Å². The highest BCUT2D eigenvalue weighted by Crippen LogP contribution is 2.21. The van der Waals surface area contributed by atoms with Crippen molar-refractivity contribution in [2.45, 2.75) is 39.7 Å². The van der Waals surface area contributed by atoms with Gasteiger partial charge in [0.05, 0.1) is 0 Å². The van der Waals surface area contributed by atoms with Crippen LogP contribution in [-0.4, -0.2) is 18.3 Å². The third kappa shape index (κ3) is 4.64. The fourth-order valence-electron chi connectivity index (χ4n) is 1.60. The van der Waals surface area contributed by atoms with E-state index in [1.54, 1.807) is 11.3 Å². The molecule has 0 amide bonds. The van der Waals surface area contributed by atoms with Crippen LogP contribution in [0.25, 0.3) is 0 Å². The van der Waals surface area contributed by atoms with Crippen molar-refractivity contribution in [2.75, 3.05) is 13.2 Å². The van der Waals surface area contributed by atoms with E-state index in [4.69, 9.17) is 5.11 Å². The van der Waals surface area contributed by atoms with Crippen LogP contribution in [0, 0.1) is 5.41 Å². The fraction of sp³-hybridized carbons (Fsp3) is 0.692. The molecule has 16 heavy (non-hydrogen) atoms. The predicted molar refractivity (Wildman–Crippen MR) is 70.8 cm³/mol. The van der Waals surface area contributed by atoms with Gasteiger partial charge in [-0.25, -0.2) is 0 Å². The Hall–Kier alpha value is -0.380. The van der Waals surface area contributed by atoms with Gasteiger partial charge in [0.15, 0.2) is 0 Å². The largest absolute Gasteiger partial charge is 0.396 e. The maximum Gasteiger partial charge on any atom is 0.0482 e. The van der Waals surface area contributed by atoms with Gasteiger partial charge in [-0.15, -0.1) is 0 Å². The Labute approximate surface area is 103 Å².